The summed E-state index contributed by atoms with van der Waals surface area (Å²) in [5, 5.41) is 13.5. The van der Waals surface area contributed by atoms with Gasteiger partial charge in [0.15, 0.2) is 0 Å². The summed E-state index contributed by atoms with van der Waals surface area (Å²) in [5.41, 5.74) is 2.55. The Morgan fingerprint density at radius 2 is 0.667 bits per heavy atom. The first-order valence-corrected chi connectivity index (χ1v) is 12.5. The molecule has 0 heteroatoms. The molecule has 0 aliphatic heterocycles. The fourth-order valence-corrected chi connectivity index (χ4v) is 5.64. The van der Waals surface area contributed by atoms with Crippen molar-refractivity contribution in [1.82, 2.24) is 0 Å². The molecule has 0 aliphatic carbocycles. The highest BCUT2D eigenvalue weighted by Crippen LogP contribution is 2.42. The zero-order valence-electron chi connectivity index (χ0n) is 19.9. The second-order valence-electron chi connectivity index (χ2n) is 9.31. The Labute approximate surface area is 210 Å². The predicted molar refractivity (Wildman–Crippen MR) is 157 cm³/mol. The van der Waals surface area contributed by atoms with Crippen LogP contribution in [0.1, 0.15) is 0 Å². The first-order chi connectivity index (χ1) is 17.9. The minimum absolute atomic E-state index is 1.28. The maximum Gasteiger partial charge on any atom is -0.00201 e. The molecule has 0 saturated heterocycles. The zero-order valence-corrected chi connectivity index (χ0v) is 19.9. The summed E-state index contributed by atoms with van der Waals surface area (Å²) >= 11 is 0. The molecule has 0 nitrogen and oxygen atoms in total. The van der Waals surface area contributed by atoms with Crippen molar-refractivity contribution in [3.8, 4) is 11.1 Å². The van der Waals surface area contributed by atoms with Crippen LogP contribution in [-0.2, 0) is 0 Å². The van der Waals surface area contributed by atoms with Gasteiger partial charge in [-0.25, -0.2) is 0 Å². The van der Waals surface area contributed by atoms with E-state index >= 15 is 0 Å². The van der Waals surface area contributed by atoms with Crippen molar-refractivity contribution in [2.45, 2.75) is 0 Å². The predicted octanol–water partition coefficient (Wildman–Crippen LogP) is 10.2. The van der Waals surface area contributed by atoms with Gasteiger partial charge in [0.2, 0.25) is 0 Å². The third kappa shape index (κ3) is 3.31. The third-order valence-corrected chi connectivity index (χ3v) is 7.26. The molecule has 0 saturated carbocycles. The molecule has 0 fully saturated rings. The fraction of sp³-hybridized carbons (Fsp3) is 0. The van der Waals surface area contributed by atoms with Gasteiger partial charge in [-0.1, -0.05) is 146 Å². The molecule has 0 aliphatic rings. The van der Waals surface area contributed by atoms with Crippen LogP contribution < -0.4 is 0 Å². The van der Waals surface area contributed by atoms with E-state index in [0.29, 0.717) is 0 Å². The third-order valence-electron chi connectivity index (χ3n) is 7.26. The SMILES string of the molecule is c1ccc(-c2ccccc2)cc1.c1ccc2c(c1)ccc1c3cccc4ccc5cccc(c21)c5c43. The smallest absolute Gasteiger partial charge is 0.00201 e. The number of hydrogen-bond donors (Lipinski definition) is 0. The van der Waals surface area contributed by atoms with Crippen molar-refractivity contribution in [2.75, 3.05) is 0 Å². The van der Waals surface area contributed by atoms with E-state index in [2.05, 4.69) is 133 Å². The first-order valence-electron chi connectivity index (χ1n) is 12.5. The Bertz CT molecular complexity index is 1930. The van der Waals surface area contributed by atoms with E-state index in [4.69, 9.17) is 0 Å². The van der Waals surface area contributed by atoms with Crippen LogP contribution >= 0.6 is 0 Å². The summed E-state index contributed by atoms with van der Waals surface area (Å²) in [4.78, 5) is 0. The van der Waals surface area contributed by atoms with Gasteiger partial charge in [-0.15, -0.1) is 0 Å². The van der Waals surface area contributed by atoms with E-state index < -0.39 is 0 Å². The van der Waals surface area contributed by atoms with Gasteiger partial charge in [-0.2, -0.15) is 0 Å². The summed E-state index contributed by atoms with van der Waals surface area (Å²) in [6, 6.07) is 51.9. The fourth-order valence-electron chi connectivity index (χ4n) is 5.64. The normalized spacial score (nSPS) is 11.3. The van der Waals surface area contributed by atoms with E-state index in [1.165, 1.54) is 65.0 Å². The summed E-state index contributed by atoms with van der Waals surface area (Å²) < 4.78 is 0. The summed E-state index contributed by atoms with van der Waals surface area (Å²) in [7, 11) is 0. The maximum atomic E-state index is 2.29. The van der Waals surface area contributed by atoms with Gasteiger partial charge >= 0.3 is 0 Å². The van der Waals surface area contributed by atoms with Gasteiger partial charge in [-0.05, 0) is 65.0 Å². The minimum atomic E-state index is 1.28. The van der Waals surface area contributed by atoms with E-state index in [1.54, 1.807) is 0 Å². The summed E-state index contributed by atoms with van der Waals surface area (Å²) in [6.45, 7) is 0. The Morgan fingerprint density at radius 3 is 1.33 bits per heavy atom. The highest BCUT2D eigenvalue weighted by atomic mass is 14.2. The molecule has 0 radical (unpaired) electrons. The molecule has 0 N–H and O–H groups in total. The van der Waals surface area contributed by atoms with Crippen LogP contribution in [0.3, 0.4) is 0 Å². The average molecular weight is 457 g/mol. The van der Waals surface area contributed by atoms with E-state index in [-0.39, 0.29) is 0 Å². The van der Waals surface area contributed by atoms with Crippen LogP contribution in [0.4, 0.5) is 0 Å². The van der Waals surface area contributed by atoms with Crippen molar-refractivity contribution in [3.05, 3.63) is 146 Å². The molecule has 8 rings (SSSR count). The Morgan fingerprint density at radius 1 is 0.222 bits per heavy atom. The van der Waals surface area contributed by atoms with Crippen LogP contribution in [0.5, 0.6) is 0 Å². The van der Waals surface area contributed by atoms with Gasteiger partial charge in [0, 0.05) is 0 Å². The van der Waals surface area contributed by atoms with E-state index in [0.717, 1.165) is 0 Å². The van der Waals surface area contributed by atoms with E-state index in [9.17, 15) is 0 Å². The van der Waals surface area contributed by atoms with Gasteiger partial charge in [0.05, 0.1) is 0 Å². The van der Waals surface area contributed by atoms with Crippen LogP contribution in [0, 0.1) is 0 Å². The van der Waals surface area contributed by atoms with Crippen LogP contribution in [0.15, 0.2) is 146 Å². The molecule has 0 amide bonds. The molecule has 0 spiro atoms. The van der Waals surface area contributed by atoms with Gasteiger partial charge in [0.25, 0.3) is 0 Å². The monoisotopic (exact) mass is 456 g/mol. The molecule has 0 bridgehead atoms. The van der Waals surface area contributed by atoms with Crippen LogP contribution in [0.2, 0.25) is 0 Å². The number of rotatable bonds is 1. The molecule has 8 aromatic carbocycles. The number of benzene rings is 8. The largest absolute Gasteiger partial charge is 0.0622 e. The second-order valence-corrected chi connectivity index (χ2v) is 9.31. The van der Waals surface area contributed by atoms with Gasteiger partial charge in [0.1, 0.15) is 0 Å². The maximum absolute atomic E-state index is 2.29. The van der Waals surface area contributed by atoms with E-state index in [1.807, 2.05) is 12.1 Å². The Kier molecular flexibility index (Phi) is 4.89. The van der Waals surface area contributed by atoms with Gasteiger partial charge < -0.3 is 0 Å². The van der Waals surface area contributed by atoms with Gasteiger partial charge in [-0.3, -0.25) is 0 Å². The minimum Gasteiger partial charge on any atom is -0.0622 e. The number of fused-ring (bicyclic) bond motifs is 5. The Hall–Kier alpha value is -4.68. The van der Waals surface area contributed by atoms with Crippen molar-refractivity contribution >= 4 is 53.9 Å². The highest BCUT2D eigenvalue weighted by molar-refractivity contribution is 6.37. The molecule has 0 unspecified atom stereocenters. The molecular weight excluding hydrogens is 432 g/mol. The van der Waals surface area contributed by atoms with Crippen molar-refractivity contribution < 1.29 is 0 Å². The first kappa shape index (κ1) is 20.7. The molecule has 36 heavy (non-hydrogen) atoms. The molecule has 0 heterocycles. The summed E-state index contributed by atoms with van der Waals surface area (Å²) in [6.07, 6.45) is 0. The number of hydrogen-bond acceptors (Lipinski definition) is 0. The lowest BCUT2D eigenvalue weighted by Crippen LogP contribution is -1.87. The van der Waals surface area contributed by atoms with Crippen molar-refractivity contribution in [1.29, 1.82) is 0 Å². The average Bonchev–Trinajstić information content (AvgIpc) is 2.97. The second kappa shape index (κ2) is 8.52. The quantitative estimate of drug-likeness (QED) is 0.170. The van der Waals surface area contributed by atoms with Crippen LogP contribution in [-0.4, -0.2) is 0 Å². The lowest BCUT2D eigenvalue weighted by Gasteiger charge is -2.16. The summed E-state index contributed by atoms with van der Waals surface area (Å²) in [5.74, 6) is 0. The zero-order chi connectivity index (χ0) is 23.9. The Balaban J connectivity index is 0.000000155. The molecular formula is C36H24. The van der Waals surface area contributed by atoms with Crippen LogP contribution in [0.25, 0.3) is 65.0 Å². The molecule has 8 aromatic rings. The topological polar surface area (TPSA) is 0 Å². The van der Waals surface area contributed by atoms with Crippen molar-refractivity contribution in [2.24, 2.45) is 0 Å². The standard InChI is InChI=1S/C24H14.C12H10/c1-2-8-18-15(5-1)13-14-20-19-9-3-6-16-11-12-17-7-4-10-21(24(18)20)23(17)22(16)19;1-3-7-11(8-4-1)12-9-5-2-6-10-12/h1-14H;1-10H. The van der Waals surface area contributed by atoms with Crippen molar-refractivity contribution in [3.63, 3.8) is 0 Å². The molecule has 168 valence electrons. The molecule has 0 atom stereocenters. The highest BCUT2D eigenvalue weighted by Gasteiger charge is 2.14. The molecule has 0 aromatic heterocycles. The lowest BCUT2D eigenvalue weighted by molar-refractivity contribution is 1.62. The lowest BCUT2D eigenvalue weighted by atomic mass is 9.87.